The van der Waals surface area contributed by atoms with Crippen LogP contribution in [-0.4, -0.2) is 36.9 Å². The minimum absolute atomic E-state index is 0.0780. The van der Waals surface area contributed by atoms with Crippen molar-refractivity contribution in [2.75, 3.05) is 30.8 Å². The van der Waals surface area contributed by atoms with Crippen LogP contribution in [0.3, 0.4) is 0 Å². The number of halogens is 2. The number of rotatable bonds is 6. The Morgan fingerprint density at radius 3 is 2.04 bits per heavy atom. The molecule has 0 aliphatic carbocycles. The van der Waals surface area contributed by atoms with Gasteiger partial charge in [0.05, 0.1) is 29.5 Å². The number of nitrogens with zero attached hydrogens (tertiary/aromatic N) is 1. The van der Waals surface area contributed by atoms with E-state index in [1.165, 1.54) is 0 Å². The number of carbonyl (C=O) groups excluding carboxylic acids is 2. The molecule has 24 heavy (non-hydrogen) atoms. The number of para-hydroxylation sites is 2. The molecule has 0 aliphatic rings. The van der Waals surface area contributed by atoms with Crippen molar-refractivity contribution < 1.29 is 9.59 Å². The zero-order chi connectivity index (χ0) is 17.5. The maximum atomic E-state index is 12.0. The SMILES string of the molecule is CN(CC(=O)Nc1ccccc1Cl)CC(=O)Nc1ccccc1Br. The van der Waals surface area contributed by atoms with E-state index in [0.717, 1.165) is 4.47 Å². The monoisotopic (exact) mass is 409 g/mol. The summed E-state index contributed by atoms with van der Waals surface area (Å²) in [5.41, 5.74) is 1.24. The van der Waals surface area contributed by atoms with Gasteiger partial charge in [-0.1, -0.05) is 35.9 Å². The normalized spacial score (nSPS) is 10.5. The molecular formula is C17H17BrClN3O2. The molecule has 0 bridgehead atoms. The zero-order valence-electron chi connectivity index (χ0n) is 13.1. The summed E-state index contributed by atoms with van der Waals surface area (Å²) in [6.45, 7) is 0.172. The lowest BCUT2D eigenvalue weighted by molar-refractivity contribution is -0.119. The van der Waals surface area contributed by atoms with E-state index in [-0.39, 0.29) is 24.9 Å². The molecule has 7 heteroatoms. The molecule has 0 aliphatic heterocycles. The van der Waals surface area contributed by atoms with Gasteiger partial charge in [-0.05, 0) is 47.2 Å². The van der Waals surface area contributed by atoms with E-state index in [9.17, 15) is 9.59 Å². The van der Waals surface area contributed by atoms with Crippen molar-refractivity contribution in [3.8, 4) is 0 Å². The van der Waals surface area contributed by atoms with Crippen molar-refractivity contribution in [1.82, 2.24) is 4.90 Å². The zero-order valence-corrected chi connectivity index (χ0v) is 15.4. The highest BCUT2D eigenvalue weighted by atomic mass is 79.9. The highest BCUT2D eigenvalue weighted by Crippen LogP contribution is 2.21. The van der Waals surface area contributed by atoms with Gasteiger partial charge in [-0.15, -0.1) is 0 Å². The Morgan fingerprint density at radius 1 is 0.958 bits per heavy atom. The summed E-state index contributed by atoms with van der Waals surface area (Å²) < 4.78 is 0.803. The number of nitrogens with one attached hydrogen (secondary N) is 2. The molecule has 0 radical (unpaired) electrons. The molecule has 0 heterocycles. The van der Waals surface area contributed by atoms with E-state index in [1.54, 1.807) is 42.3 Å². The van der Waals surface area contributed by atoms with E-state index in [4.69, 9.17) is 11.6 Å². The number of hydrogen-bond donors (Lipinski definition) is 2. The molecule has 0 aromatic heterocycles. The second-order valence-corrected chi connectivity index (χ2v) is 6.49. The molecule has 2 aromatic rings. The van der Waals surface area contributed by atoms with Crippen LogP contribution < -0.4 is 10.6 Å². The van der Waals surface area contributed by atoms with Crippen molar-refractivity contribution in [3.05, 3.63) is 58.0 Å². The Morgan fingerprint density at radius 2 is 1.46 bits per heavy atom. The van der Waals surface area contributed by atoms with Crippen LogP contribution in [0.15, 0.2) is 53.0 Å². The van der Waals surface area contributed by atoms with E-state index in [2.05, 4.69) is 26.6 Å². The lowest BCUT2D eigenvalue weighted by atomic mass is 10.3. The summed E-state index contributed by atoms with van der Waals surface area (Å²) >= 11 is 9.37. The summed E-state index contributed by atoms with van der Waals surface area (Å²) in [5, 5.41) is 5.99. The van der Waals surface area contributed by atoms with Gasteiger partial charge < -0.3 is 10.6 Å². The van der Waals surface area contributed by atoms with E-state index in [1.807, 2.05) is 18.2 Å². The molecule has 0 fully saturated rings. The average Bonchev–Trinajstić information content (AvgIpc) is 2.51. The van der Waals surface area contributed by atoms with Gasteiger partial charge in [0.1, 0.15) is 0 Å². The Bertz CT molecular complexity index is 678. The van der Waals surface area contributed by atoms with Crippen LogP contribution in [0.1, 0.15) is 0 Å². The molecule has 126 valence electrons. The number of likely N-dealkylation sites (N-methyl/N-ethyl adjacent to an activating group) is 1. The average molecular weight is 411 g/mol. The molecule has 0 unspecified atom stereocenters. The Labute approximate surface area is 154 Å². The predicted octanol–water partition coefficient (Wildman–Crippen LogP) is 3.61. The van der Waals surface area contributed by atoms with Crippen LogP contribution in [0.4, 0.5) is 11.4 Å². The van der Waals surface area contributed by atoms with Crippen LogP contribution >= 0.6 is 27.5 Å². The van der Waals surface area contributed by atoms with Crippen LogP contribution in [0.25, 0.3) is 0 Å². The Kier molecular flexibility index (Phi) is 6.78. The number of benzene rings is 2. The quantitative estimate of drug-likeness (QED) is 0.765. The summed E-state index contributed by atoms with van der Waals surface area (Å²) in [5.74, 6) is -0.436. The summed E-state index contributed by atoms with van der Waals surface area (Å²) in [7, 11) is 1.70. The van der Waals surface area contributed by atoms with Crippen molar-refractivity contribution in [2.45, 2.75) is 0 Å². The topological polar surface area (TPSA) is 61.4 Å². The van der Waals surface area contributed by atoms with Gasteiger partial charge >= 0.3 is 0 Å². The number of carbonyl (C=O) groups is 2. The molecule has 0 saturated heterocycles. The van der Waals surface area contributed by atoms with Gasteiger partial charge in [0.25, 0.3) is 0 Å². The second kappa shape index (κ2) is 8.82. The van der Waals surface area contributed by atoms with Gasteiger partial charge in [0, 0.05) is 4.47 Å². The van der Waals surface area contributed by atoms with Crippen LogP contribution in [0.5, 0.6) is 0 Å². The van der Waals surface area contributed by atoms with Crippen LogP contribution in [-0.2, 0) is 9.59 Å². The first-order valence-electron chi connectivity index (χ1n) is 7.23. The van der Waals surface area contributed by atoms with Gasteiger partial charge in [-0.3, -0.25) is 14.5 Å². The molecule has 2 amide bonds. The van der Waals surface area contributed by atoms with E-state index >= 15 is 0 Å². The molecule has 0 spiro atoms. The van der Waals surface area contributed by atoms with E-state index < -0.39 is 0 Å². The summed E-state index contributed by atoms with van der Waals surface area (Å²) in [4.78, 5) is 25.7. The maximum absolute atomic E-state index is 12.0. The third kappa shape index (κ3) is 5.63. The number of amides is 2. The third-order valence-corrected chi connectivity index (χ3v) is 4.14. The Hall–Kier alpha value is -1.89. The van der Waals surface area contributed by atoms with Gasteiger partial charge in [0.2, 0.25) is 11.8 Å². The first kappa shape index (κ1) is 18.4. The first-order chi connectivity index (χ1) is 11.5. The fraction of sp³-hybridized carbons (Fsp3) is 0.176. The van der Waals surface area contributed by atoms with Crippen molar-refractivity contribution in [1.29, 1.82) is 0 Å². The van der Waals surface area contributed by atoms with Gasteiger partial charge in [-0.25, -0.2) is 0 Å². The lowest BCUT2D eigenvalue weighted by Gasteiger charge is -2.16. The highest BCUT2D eigenvalue weighted by Gasteiger charge is 2.12. The Balaban J connectivity index is 1.83. The highest BCUT2D eigenvalue weighted by molar-refractivity contribution is 9.10. The van der Waals surface area contributed by atoms with E-state index in [0.29, 0.717) is 16.4 Å². The van der Waals surface area contributed by atoms with Gasteiger partial charge in [-0.2, -0.15) is 0 Å². The minimum atomic E-state index is -0.237. The second-order valence-electron chi connectivity index (χ2n) is 5.23. The standard InChI is InChI=1S/C17H17BrClN3O2/c1-22(10-16(23)20-14-8-4-2-6-12(14)18)11-17(24)21-15-9-5-3-7-13(15)19/h2-9H,10-11H2,1H3,(H,20,23)(H,21,24). The van der Waals surface area contributed by atoms with Gasteiger partial charge in [0.15, 0.2) is 0 Å². The summed E-state index contributed by atoms with van der Waals surface area (Å²) in [6, 6.07) is 14.3. The van der Waals surface area contributed by atoms with Crippen molar-refractivity contribution >= 4 is 50.7 Å². The first-order valence-corrected chi connectivity index (χ1v) is 8.40. The molecule has 2 rings (SSSR count). The molecule has 0 saturated carbocycles. The predicted molar refractivity (Wildman–Crippen MR) is 100 cm³/mol. The van der Waals surface area contributed by atoms with Crippen LogP contribution in [0.2, 0.25) is 5.02 Å². The number of hydrogen-bond acceptors (Lipinski definition) is 3. The largest absolute Gasteiger partial charge is 0.324 e. The van der Waals surface area contributed by atoms with Crippen LogP contribution in [0, 0.1) is 0 Å². The molecule has 2 aromatic carbocycles. The molecule has 0 atom stereocenters. The molecule has 2 N–H and O–H groups in total. The summed E-state index contributed by atoms with van der Waals surface area (Å²) in [6.07, 6.45) is 0. The van der Waals surface area contributed by atoms with Crippen molar-refractivity contribution in [2.24, 2.45) is 0 Å². The lowest BCUT2D eigenvalue weighted by Crippen LogP contribution is -2.36. The smallest absolute Gasteiger partial charge is 0.238 e. The minimum Gasteiger partial charge on any atom is -0.324 e. The third-order valence-electron chi connectivity index (χ3n) is 3.12. The van der Waals surface area contributed by atoms with Crippen molar-refractivity contribution in [3.63, 3.8) is 0 Å². The maximum Gasteiger partial charge on any atom is 0.238 e. The number of anilines is 2. The molecule has 5 nitrogen and oxygen atoms in total. The fourth-order valence-corrected chi connectivity index (χ4v) is 2.62. The molecular weight excluding hydrogens is 394 g/mol. The fourth-order valence-electron chi connectivity index (χ4n) is 2.05.